The summed E-state index contributed by atoms with van der Waals surface area (Å²) in [5.41, 5.74) is 1.70. The van der Waals surface area contributed by atoms with Crippen LogP contribution in [0.25, 0.3) is 0 Å². The lowest BCUT2D eigenvalue weighted by Crippen LogP contribution is -2.57. The first kappa shape index (κ1) is 25.2. The fourth-order valence-electron chi connectivity index (χ4n) is 5.18. The SMILES string of the molecule is CC1(C)[C@H](C(=O)OCc2ccccc2)N2C(=O)C[C@H]2S1(CO)C(=O)N(CCO)Cc1ccccc1. The van der Waals surface area contributed by atoms with Gasteiger partial charge in [0.2, 0.25) is 5.91 Å². The third-order valence-electron chi connectivity index (χ3n) is 7.09. The van der Waals surface area contributed by atoms with Gasteiger partial charge in [-0.15, -0.1) is 10.0 Å². The molecule has 8 nitrogen and oxygen atoms in total. The molecule has 0 saturated carbocycles. The van der Waals surface area contributed by atoms with E-state index in [1.54, 1.807) is 18.7 Å². The number of carbonyl (C=O) groups excluding carboxylic acids is 3. The second-order valence-corrected chi connectivity index (χ2v) is 13.2. The fourth-order valence-corrected chi connectivity index (χ4v) is 9.45. The van der Waals surface area contributed by atoms with Gasteiger partial charge in [0.15, 0.2) is 0 Å². The van der Waals surface area contributed by atoms with E-state index in [2.05, 4.69) is 0 Å². The number of nitrogens with zero attached hydrogens (tertiary/aromatic N) is 2. The minimum Gasteiger partial charge on any atom is -0.459 e. The predicted molar refractivity (Wildman–Crippen MR) is 133 cm³/mol. The van der Waals surface area contributed by atoms with E-state index in [0.717, 1.165) is 11.1 Å². The molecule has 4 rings (SSSR count). The summed E-state index contributed by atoms with van der Waals surface area (Å²) in [6, 6.07) is 17.7. The minimum atomic E-state index is -2.61. The molecule has 0 aliphatic carbocycles. The van der Waals surface area contributed by atoms with Crippen LogP contribution in [0.2, 0.25) is 0 Å². The van der Waals surface area contributed by atoms with Crippen molar-refractivity contribution in [3.63, 3.8) is 0 Å². The quantitative estimate of drug-likeness (QED) is 0.426. The zero-order valence-electron chi connectivity index (χ0n) is 20.0. The van der Waals surface area contributed by atoms with E-state index in [1.165, 1.54) is 4.90 Å². The molecule has 2 aliphatic rings. The number of benzene rings is 2. The van der Waals surface area contributed by atoms with E-state index >= 15 is 0 Å². The molecule has 2 saturated heterocycles. The van der Waals surface area contributed by atoms with Crippen molar-refractivity contribution < 1.29 is 29.3 Å². The minimum absolute atomic E-state index is 0.0546. The molecule has 0 aromatic heterocycles. The molecular formula is C26H32N2O6S. The Hall–Kier alpha value is -2.88. The molecule has 2 heterocycles. The molecule has 3 atom stereocenters. The highest BCUT2D eigenvalue weighted by molar-refractivity contribution is 8.46. The number of amides is 2. The zero-order chi connectivity index (χ0) is 25.2. The predicted octanol–water partition coefficient (Wildman–Crippen LogP) is 2.82. The number of hydrogen-bond acceptors (Lipinski definition) is 6. The summed E-state index contributed by atoms with van der Waals surface area (Å²) < 4.78 is 4.57. The van der Waals surface area contributed by atoms with Crippen molar-refractivity contribution >= 4 is 27.1 Å². The Morgan fingerprint density at radius 1 is 1.06 bits per heavy atom. The lowest BCUT2D eigenvalue weighted by atomic mass is 9.98. The van der Waals surface area contributed by atoms with Gasteiger partial charge in [0.05, 0.1) is 24.3 Å². The molecule has 9 heteroatoms. The maximum atomic E-state index is 14.2. The van der Waals surface area contributed by atoms with E-state index in [1.807, 2.05) is 60.7 Å². The summed E-state index contributed by atoms with van der Waals surface area (Å²) in [5.74, 6) is -1.26. The standard InChI is InChI=1S/C26H32N2O6S/c1-26(2)23(24(32)34-17-20-11-7-4-8-12-20)28-21(31)15-22(28)35(26,18-30)25(33)27(13-14-29)16-19-9-5-3-6-10-19/h3-12,22-23,29-30H,13-18H2,1-2H3/t22-,23+/m1/s1. The summed E-state index contributed by atoms with van der Waals surface area (Å²) in [6.45, 7) is 3.71. The topological polar surface area (TPSA) is 107 Å². The number of β-lactam (4-membered cyclic amide) rings is 1. The highest BCUT2D eigenvalue weighted by Gasteiger charge is 2.72. The first-order chi connectivity index (χ1) is 16.8. The van der Waals surface area contributed by atoms with Crippen molar-refractivity contribution in [1.82, 2.24) is 9.80 Å². The average molecular weight is 501 g/mol. The Labute approximate surface area is 206 Å². The van der Waals surface area contributed by atoms with Gasteiger partial charge in [-0.2, -0.15) is 0 Å². The fraction of sp³-hybridized carbons (Fsp3) is 0.423. The molecule has 2 aliphatic heterocycles. The zero-order valence-corrected chi connectivity index (χ0v) is 20.8. The monoisotopic (exact) mass is 500 g/mol. The number of hydrogen-bond donors (Lipinski definition) is 2. The van der Waals surface area contributed by atoms with Crippen LogP contribution in [-0.2, 0) is 27.5 Å². The first-order valence-corrected chi connectivity index (χ1v) is 13.5. The Morgan fingerprint density at radius 3 is 2.20 bits per heavy atom. The van der Waals surface area contributed by atoms with Crippen LogP contribution in [0, 0.1) is 0 Å². The van der Waals surface area contributed by atoms with Crippen LogP contribution < -0.4 is 0 Å². The van der Waals surface area contributed by atoms with Crippen LogP contribution in [0.5, 0.6) is 0 Å². The van der Waals surface area contributed by atoms with Gasteiger partial charge in [-0.05, 0) is 25.0 Å². The van der Waals surface area contributed by atoms with Crippen LogP contribution in [0.3, 0.4) is 0 Å². The van der Waals surface area contributed by atoms with E-state index in [0.29, 0.717) is 0 Å². The average Bonchev–Trinajstić information content (AvgIpc) is 3.02. The normalized spacial score (nSPS) is 26.3. The number of fused-ring (bicyclic) bond motifs is 1. The van der Waals surface area contributed by atoms with Crippen LogP contribution in [0.1, 0.15) is 31.4 Å². The van der Waals surface area contributed by atoms with Crippen LogP contribution in [-0.4, -0.2) is 72.4 Å². The number of carbonyl (C=O) groups is 3. The maximum absolute atomic E-state index is 14.2. The summed E-state index contributed by atoms with van der Waals surface area (Å²) in [4.78, 5) is 43.2. The molecule has 2 aromatic rings. The maximum Gasteiger partial charge on any atom is 0.330 e. The number of aliphatic hydroxyl groups is 2. The molecule has 0 bridgehead atoms. The smallest absolute Gasteiger partial charge is 0.330 e. The molecular weight excluding hydrogens is 468 g/mol. The van der Waals surface area contributed by atoms with Gasteiger partial charge in [0.25, 0.3) is 5.24 Å². The van der Waals surface area contributed by atoms with Crippen LogP contribution in [0.15, 0.2) is 60.7 Å². The summed E-state index contributed by atoms with van der Waals surface area (Å²) in [7, 11) is -2.61. The van der Waals surface area contributed by atoms with E-state index in [-0.39, 0.29) is 43.9 Å². The largest absolute Gasteiger partial charge is 0.459 e. The van der Waals surface area contributed by atoms with E-state index in [4.69, 9.17) is 4.74 Å². The first-order valence-electron chi connectivity index (χ1n) is 11.6. The molecule has 0 radical (unpaired) electrons. The molecule has 0 spiro atoms. The molecule has 2 N–H and O–H groups in total. The Balaban J connectivity index is 1.65. The molecule has 35 heavy (non-hydrogen) atoms. The molecule has 2 fully saturated rings. The van der Waals surface area contributed by atoms with Gasteiger partial charge >= 0.3 is 5.97 Å². The van der Waals surface area contributed by atoms with Gasteiger partial charge in [-0.25, -0.2) is 4.79 Å². The highest BCUT2D eigenvalue weighted by atomic mass is 32.3. The number of aliphatic hydroxyl groups excluding tert-OH is 2. The molecule has 188 valence electrons. The number of esters is 1. The van der Waals surface area contributed by atoms with Crippen molar-refractivity contribution in [2.75, 3.05) is 19.1 Å². The second-order valence-electron chi connectivity index (χ2n) is 9.38. The third kappa shape index (κ3) is 4.22. The van der Waals surface area contributed by atoms with Gasteiger partial charge in [0.1, 0.15) is 12.6 Å². The van der Waals surface area contributed by atoms with Crippen molar-refractivity contribution in [2.24, 2.45) is 0 Å². The highest BCUT2D eigenvalue weighted by Crippen LogP contribution is 2.74. The molecule has 2 aromatic carbocycles. The van der Waals surface area contributed by atoms with E-state index in [9.17, 15) is 24.6 Å². The Bertz CT molecular complexity index is 1080. The summed E-state index contributed by atoms with van der Waals surface area (Å²) in [5, 5.41) is 19.6. The van der Waals surface area contributed by atoms with Crippen molar-refractivity contribution in [1.29, 1.82) is 0 Å². The van der Waals surface area contributed by atoms with Gasteiger partial charge in [-0.3, -0.25) is 9.59 Å². The Kier molecular flexibility index (Phi) is 7.21. The van der Waals surface area contributed by atoms with Gasteiger partial charge < -0.3 is 24.7 Å². The van der Waals surface area contributed by atoms with Crippen LogP contribution >= 0.6 is 10.0 Å². The number of ether oxygens (including phenoxy) is 1. The van der Waals surface area contributed by atoms with E-state index < -0.39 is 38.1 Å². The summed E-state index contributed by atoms with van der Waals surface area (Å²) in [6.07, 6.45) is 0.103. The van der Waals surface area contributed by atoms with Crippen LogP contribution in [0.4, 0.5) is 4.79 Å². The second kappa shape index (κ2) is 10.0. The van der Waals surface area contributed by atoms with Gasteiger partial charge in [0, 0.05) is 17.8 Å². The third-order valence-corrected chi connectivity index (χ3v) is 11.8. The van der Waals surface area contributed by atoms with Crippen molar-refractivity contribution in [2.45, 2.75) is 49.6 Å². The Morgan fingerprint density at radius 2 is 1.66 bits per heavy atom. The van der Waals surface area contributed by atoms with Gasteiger partial charge in [-0.1, -0.05) is 60.7 Å². The lowest BCUT2D eigenvalue weighted by molar-refractivity contribution is -0.162. The molecule has 1 unspecified atom stereocenters. The lowest BCUT2D eigenvalue weighted by Gasteiger charge is -2.51. The molecule has 2 amide bonds. The van der Waals surface area contributed by atoms with Crippen molar-refractivity contribution in [3.8, 4) is 0 Å². The van der Waals surface area contributed by atoms with Crippen molar-refractivity contribution in [3.05, 3.63) is 71.8 Å². The summed E-state index contributed by atoms with van der Waals surface area (Å²) >= 11 is 0. The number of rotatable bonds is 8.